The fourth-order valence-electron chi connectivity index (χ4n) is 3.07. The first kappa shape index (κ1) is 8.42. The largest absolute Gasteiger partial charge is 0.390 e. The molecule has 1 saturated carbocycles. The Labute approximate surface area is 81.2 Å². The fraction of sp³-hybridized carbons (Fsp3) is 1.00. The van der Waals surface area contributed by atoms with Gasteiger partial charge in [-0.1, -0.05) is 0 Å². The first-order valence-corrected chi connectivity index (χ1v) is 6.58. The first-order chi connectivity index (χ1) is 6.19. The predicted molar refractivity (Wildman–Crippen MR) is 51.9 cm³/mol. The van der Waals surface area contributed by atoms with Gasteiger partial charge >= 0.3 is 0 Å². The zero-order valence-corrected chi connectivity index (χ0v) is 8.55. The molecule has 1 N–H and O–H groups in total. The first-order valence-electron chi connectivity index (χ1n) is 5.31. The van der Waals surface area contributed by atoms with Gasteiger partial charge in [-0.15, -0.1) is 0 Å². The molecule has 13 heavy (non-hydrogen) atoms. The van der Waals surface area contributed by atoms with E-state index in [1.165, 1.54) is 12.8 Å². The number of hydrogen-bond acceptors (Lipinski definition) is 2. The van der Waals surface area contributed by atoms with Crippen molar-refractivity contribution in [3.05, 3.63) is 0 Å². The molecule has 2 saturated heterocycles. The van der Waals surface area contributed by atoms with Gasteiger partial charge in [-0.2, -0.15) is 0 Å². The molecule has 74 valence electrons. The molecular formula is C10H16O2S. The molecule has 0 radical (unpaired) electrons. The van der Waals surface area contributed by atoms with Crippen molar-refractivity contribution in [2.24, 2.45) is 5.92 Å². The van der Waals surface area contributed by atoms with Gasteiger partial charge in [0.1, 0.15) is 0 Å². The van der Waals surface area contributed by atoms with Gasteiger partial charge in [0, 0.05) is 21.3 Å². The van der Waals surface area contributed by atoms with Gasteiger partial charge in [-0.05, 0) is 44.4 Å². The molecule has 3 rings (SSSR count). The Morgan fingerprint density at radius 1 is 1.08 bits per heavy atom. The van der Waals surface area contributed by atoms with Crippen molar-refractivity contribution in [3.8, 4) is 0 Å². The molecule has 2 bridgehead atoms. The normalized spacial score (nSPS) is 55.3. The van der Waals surface area contributed by atoms with Gasteiger partial charge in [0.05, 0.1) is 5.60 Å². The van der Waals surface area contributed by atoms with Crippen molar-refractivity contribution in [2.45, 2.75) is 54.6 Å². The van der Waals surface area contributed by atoms with Crippen molar-refractivity contribution < 1.29 is 9.32 Å². The molecule has 0 aromatic rings. The summed E-state index contributed by atoms with van der Waals surface area (Å²) < 4.78 is 11.7. The Morgan fingerprint density at radius 2 is 1.62 bits per heavy atom. The predicted octanol–water partition coefficient (Wildman–Crippen LogP) is 1.20. The van der Waals surface area contributed by atoms with Crippen molar-refractivity contribution in [2.75, 3.05) is 0 Å². The Kier molecular flexibility index (Phi) is 1.67. The Bertz CT molecular complexity index is 244. The third-order valence-corrected chi connectivity index (χ3v) is 6.09. The summed E-state index contributed by atoms with van der Waals surface area (Å²) in [5, 5.41) is 11.0. The van der Waals surface area contributed by atoms with Gasteiger partial charge < -0.3 is 5.11 Å². The van der Waals surface area contributed by atoms with Crippen LogP contribution in [0.2, 0.25) is 0 Å². The molecule has 0 aromatic heterocycles. The van der Waals surface area contributed by atoms with Crippen LogP contribution in [-0.2, 0) is 10.8 Å². The quantitative estimate of drug-likeness (QED) is 0.690. The highest BCUT2D eigenvalue weighted by molar-refractivity contribution is 7.86. The minimum atomic E-state index is -0.614. The third-order valence-electron chi connectivity index (χ3n) is 3.97. The van der Waals surface area contributed by atoms with Crippen LogP contribution in [0.15, 0.2) is 0 Å². The summed E-state index contributed by atoms with van der Waals surface area (Å²) in [7, 11) is -0.614. The molecule has 0 spiro atoms. The zero-order valence-electron chi connectivity index (χ0n) is 7.74. The molecule has 3 aliphatic rings. The SMILES string of the molecule is O=S1C2CCC1CC(O)(C1CC1)C2. The second kappa shape index (κ2) is 2.57. The molecule has 3 heteroatoms. The number of rotatable bonds is 1. The Balaban J connectivity index is 1.85. The van der Waals surface area contributed by atoms with Crippen LogP contribution >= 0.6 is 0 Å². The van der Waals surface area contributed by atoms with Crippen LogP contribution in [-0.4, -0.2) is 25.4 Å². The minimum Gasteiger partial charge on any atom is -0.390 e. The molecule has 2 heterocycles. The summed E-state index contributed by atoms with van der Waals surface area (Å²) in [4.78, 5) is 0. The van der Waals surface area contributed by atoms with Gasteiger partial charge in [0.2, 0.25) is 0 Å². The van der Waals surface area contributed by atoms with E-state index in [1.807, 2.05) is 0 Å². The summed E-state index contributed by atoms with van der Waals surface area (Å²) in [6, 6.07) is 0. The van der Waals surface area contributed by atoms with E-state index >= 15 is 0 Å². The van der Waals surface area contributed by atoms with E-state index in [0.29, 0.717) is 16.4 Å². The van der Waals surface area contributed by atoms with E-state index in [0.717, 1.165) is 25.7 Å². The molecule has 0 amide bonds. The smallest absolute Gasteiger partial charge is 0.0698 e. The van der Waals surface area contributed by atoms with Crippen molar-refractivity contribution in [1.82, 2.24) is 0 Å². The second-order valence-corrected chi connectivity index (χ2v) is 6.93. The lowest BCUT2D eigenvalue weighted by Crippen LogP contribution is -2.44. The molecule has 2 aliphatic heterocycles. The van der Waals surface area contributed by atoms with Crippen LogP contribution in [0.4, 0.5) is 0 Å². The maximum absolute atomic E-state index is 11.7. The lowest BCUT2D eigenvalue weighted by molar-refractivity contribution is 0.000755. The molecule has 2 atom stereocenters. The molecule has 3 fully saturated rings. The van der Waals surface area contributed by atoms with Crippen LogP contribution in [0.25, 0.3) is 0 Å². The molecule has 2 nitrogen and oxygen atoms in total. The zero-order chi connectivity index (χ0) is 9.05. The number of aliphatic hydroxyl groups is 1. The standard InChI is InChI=1S/C10H16O2S/c11-10(7-1-2-7)5-8-3-4-9(6-10)13(8)12/h7-9,11H,1-6H2. The monoisotopic (exact) mass is 200 g/mol. The van der Waals surface area contributed by atoms with Gasteiger partial charge in [0.15, 0.2) is 0 Å². The summed E-state index contributed by atoms with van der Waals surface area (Å²) in [5.41, 5.74) is -0.417. The van der Waals surface area contributed by atoms with Gasteiger partial charge in [-0.3, -0.25) is 4.21 Å². The van der Waals surface area contributed by atoms with Crippen molar-refractivity contribution in [1.29, 1.82) is 0 Å². The van der Waals surface area contributed by atoms with Gasteiger partial charge in [-0.25, -0.2) is 0 Å². The summed E-state index contributed by atoms with van der Waals surface area (Å²) >= 11 is 0. The summed E-state index contributed by atoms with van der Waals surface area (Å²) in [5.74, 6) is 0.549. The topological polar surface area (TPSA) is 37.3 Å². The molecule has 1 aliphatic carbocycles. The lowest BCUT2D eigenvalue weighted by atomic mass is 9.88. The van der Waals surface area contributed by atoms with E-state index in [-0.39, 0.29) is 0 Å². The third kappa shape index (κ3) is 1.20. The highest BCUT2D eigenvalue weighted by Gasteiger charge is 2.53. The fourth-order valence-corrected chi connectivity index (χ4v) is 5.26. The lowest BCUT2D eigenvalue weighted by Gasteiger charge is -2.36. The number of hydrogen-bond donors (Lipinski definition) is 1. The van der Waals surface area contributed by atoms with Crippen molar-refractivity contribution >= 4 is 10.8 Å². The van der Waals surface area contributed by atoms with Gasteiger partial charge in [0.25, 0.3) is 0 Å². The number of fused-ring (bicyclic) bond motifs is 2. The van der Waals surface area contributed by atoms with E-state index in [1.54, 1.807) is 0 Å². The van der Waals surface area contributed by atoms with E-state index in [4.69, 9.17) is 0 Å². The van der Waals surface area contributed by atoms with Crippen LogP contribution in [0.5, 0.6) is 0 Å². The molecular weight excluding hydrogens is 184 g/mol. The minimum absolute atomic E-state index is 0.323. The van der Waals surface area contributed by atoms with E-state index < -0.39 is 16.4 Å². The average Bonchev–Trinajstić information content (AvgIpc) is 2.85. The molecule has 0 aromatic carbocycles. The van der Waals surface area contributed by atoms with E-state index in [2.05, 4.69) is 0 Å². The summed E-state index contributed by atoms with van der Waals surface area (Å²) in [6.45, 7) is 0. The Morgan fingerprint density at radius 3 is 2.08 bits per heavy atom. The van der Waals surface area contributed by atoms with Crippen LogP contribution in [0.1, 0.15) is 38.5 Å². The highest BCUT2D eigenvalue weighted by atomic mass is 32.2. The summed E-state index contributed by atoms with van der Waals surface area (Å²) in [6.07, 6.45) is 6.21. The van der Waals surface area contributed by atoms with Crippen LogP contribution in [0.3, 0.4) is 0 Å². The van der Waals surface area contributed by atoms with E-state index in [9.17, 15) is 9.32 Å². The van der Waals surface area contributed by atoms with Crippen molar-refractivity contribution in [3.63, 3.8) is 0 Å². The maximum atomic E-state index is 11.7. The molecule has 2 unspecified atom stereocenters. The maximum Gasteiger partial charge on any atom is 0.0698 e. The average molecular weight is 200 g/mol. The van der Waals surface area contributed by atoms with Crippen LogP contribution in [0, 0.1) is 5.92 Å². The Hall–Kier alpha value is 0.110. The second-order valence-electron chi connectivity index (χ2n) is 4.94. The highest BCUT2D eigenvalue weighted by Crippen LogP contribution is 2.51. The van der Waals surface area contributed by atoms with Crippen LogP contribution < -0.4 is 0 Å².